The molecule has 5 aromatic rings. The number of H-pyrrole nitrogens is 1. The average molecular weight is 724 g/mol. The predicted octanol–water partition coefficient (Wildman–Crippen LogP) is 4.84. The molecule has 6 rings (SSSR count). The van der Waals surface area contributed by atoms with Gasteiger partial charge >= 0.3 is 0 Å². The highest BCUT2D eigenvalue weighted by atomic mass is 35.5. The minimum absolute atomic E-state index is 0.0789. The van der Waals surface area contributed by atoms with Gasteiger partial charge in [-0.15, -0.1) is 0 Å². The maximum absolute atomic E-state index is 13.4. The molecule has 1 aliphatic rings. The van der Waals surface area contributed by atoms with Gasteiger partial charge in [-0.1, -0.05) is 78.3 Å². The SMILES string of the molecule is COc1cc(NC(=O)CCN2CCC(C(C(N)=O)(c3ccccc3)c3ccccc3)C2)c(Cl)cc1CNCC(O)c1ccc(O)c2[nH]c(=O)ccc12. The number of phenolic OH excluding ortho intramolecular Hbond substituents is 1. The number of hydrogen-bond acceptors (Lipinski definition) is 8. The number of primary amides is 1. The van der Waals surface area contributed by atoms with E-state index in [1.807, 2.05) is 60.7 Å². The van der Waals surface area contributed by atoms with Crippen molar-refractivity contribution in [3.05, 3.63) is 135 Å². The van der Waals surface area contributed by atoms with Crippen molar-refractivity contribution in [2.75, 3.05) is 38.6 Å². The normalized spacial score (nSPS) is 15.4. The van der Waals surface area contributed by atoms with Crippen molar-refractivity contribution in [1.82, 2.24) is 15.2 Å². The van der Waals surface area contributed by atoms with Crippen LogP contribution in [0.25, 0.3) is 10.9 Å². The zero-order valence-electron chi connectivity index (χ0n) is 28.8. The zero-order valence-corrected chi connectivity index (χ0v) is 29.5. The van der Waals surface area contributed by atoms with E-state index >= 15 is 0 Å². The van der Waals surface area contributed by atoms with E-state index in [0.717, 1.165) is 29.7 Å². The molecule has 0 radical (unpaired) electrons. The summed E-state index contributed by atoms with van der Waals surface area (Å²) in [6.07, 6.45) is 0.0203. The molecular formula is C40H42ClN5O6. The van der Waals surface area contributed by atoms with Gasteiger partial charge in [0.2, 0.25) is 17.4 Å². The number of aromatic amines is 1. The molecule has 0 spiro atoms. The third kappa shape index (κ3) is 7.54. The summed E-state index contributed by atoms with van der Waals surface area (Å²) in [4.78, 5) is 43.1. The molecule has 270 valence electrons. The van der Waals surface area contributed by atoms with Gasteiger partial charge < -0.3 is 41.2 Å². The van der Waals surface area contributed by atoms with Crippen LogP contribution < -0.4 is 26.7 Å². The summed E-state index contributed by atoms with van der Waals surface area (Å²) in [6, 6.07) is 28.7. The Kier molecular flexibility index (Phi) is 11.3. The number of likely N-dealkylation sites (tertiary alicyclic amines) is 1. The molecule has 2 amide bonds. The Labute approximate surface area is 306 Å². The number of hydrogen-bond donors (Lipinski definition) is 6. The number of nitrogens with zero attached hydrogens (tertiary/aromatic N) is 1. The Morgan fingerprint density at radius 3 is 2.38 bits per heavy atom. The first kappa shape index (κ1) is 36.6. The van der Waals surface area contributed by atoms with Crippen LogP contribution in [0, 0.1) is 5.92 Å². The Hall–Kier alpha value is -5.20. The van der Waals surface area contributed by atoms with Gasteiger partial charge in [0, 0.05) is 55.7 Å². The van der Waals surface area contributed by atoms with Gasteiger partial charge in [-0.05, 0) is 53.8 Å². The van der Waals surface area contributed by atoms with E-state index in [4.69, 9.17) is 22.1 Å². The van der Waals surface area contributed by atoms with Crippen LogP contribution in [0.3, 0.4) is 0 Å². The van der Waals surface area contributed by atoms with Gasteiger partial charge in [0.1, 0.15) is 16.9 Å². The van der Waals surface area contributed by atoms with Gasteiger partial charge in [0.05, 0.1) is 29.4 Å². The number of nitrogens with one attached hydrogen (secondary N) is 3. The fraction of sp³-hybridized carbons (Fsp3) is 0.275. The number of carbonyl (C=O) groups is 2. The summed E-state index contributed by atoms with van der Waals surface area (Å²) in [7, 11) is 1.53. The highest BCUT2D eigenvalue weighted by Gasteiger charge is 2.49. The first-order chi connectivity index (χ1) is 25.1. The summed E-state index contributed by atoms with van der Waals surface area (Å²) in [5, 5.41) is 28.1. The van der Waals surface area contributed by atoms with E-state index in [-0.39, 0.29) is 41.6 Å². The first-order valence-electron chi connectivity index (χ1n) is 17.1. The van der Waals surface area contributed by atoms with Gasteiger partial charge in [-0.25, -0.2) is 0 Å². The first-order valence-corrected chi connectivity index (χ1v) is 17.5. The van der Waals surface area contributed by atoms with Crippen LogP contribution in [0.1, 0.15) is 41.2 Å². The lowest BCUT2D eigenvalue weighted by Gasteiger charge is -2.37. The predicted molar refractivity (Wildman–Crippen MR) is 202 cm³/mol. The van der Waals surface area contributed by atoms with Crippen LogP contribution in [-0.4, -0.2) is 65.2 Å². The number of nitrogens with two attached hydrogens (primary N) is 1. The molecule has 2 atom stereocenters. The van der Waals surface area contributed by atoms with Crippen molar-refractivity contribution in [3.63, 3.8) is 0 Å². The third-order valence-corrected chi connectivity index (χ3v) is 10.3. The minimum Gasteiger partial charge on any atom is -0.506 e. The summed E-state index contributed by atoms with van der Waals surface area (Å²) in [5.74, 6) is -0.262. The molecule has 12 heteroatoms. The molecule has 0 saturated carbocycles. The monoisotopic (exact) mass is 723 g/mol. The molecule has 7 N–H and O–H groups in total. The number of benzene rings is 4. The largest absolute Gasteiger partial charge is 0.506 e. The number of fused-ring (bicyclic) bond motifs is 1. The molecule has 52 heavy (non-hydrogen) atoms. The molecular weight excluding hydrogens is 682 g/mol. The Morgan fingerprint density at radius 1 is 1.04 bits per heavy atom. The quantitative estimate of drug-likeness (QED) is 0.0946. The third-order valence-electron chi connectivity index (χ3n) is 9.95. The number of anilines is 1. The summed E-state index contributed by atoms with van der Waals surface area (Å²) >= 11 is 6.62. The lowest BCUT2D eigenvalue weighted by Crippen LogP contribution is -2.49. The number of amides is 2. The van der Waals surface area contributed by atoms with E-state index in [1.54, 1.807) is 24.3 Å². The van der Waals surface area contributed by atoms with Crippen LogP contribution in [0.15, 0.2) is 102 Å². The number of pyridine rings is 1. The number of aromatic hydroxyl groups is 1. The van der Waals surface area contributed by atoms with Gasteiger partial charge in [-0.3, -0.25) is 14.4 Å². The molecule has 2 unspecified atom stereocenters. The van der Waals surface area contributed by atoms with E-state index in [1.165, 1.54) is 19.2 Å². The maximum Gasteiger partial charge on any atom is 0.248 e. The number of methoxy groups -OCH3 is 1. The maximum atomic E-state index is 13.4. The number of carbonyl (C=O) groups excluding carboxylic acids is 2. The number of aliphatic hydroxyl groups is 1. The second-order valence-electron chi connectivity index (χ2n) is 13.1. The second kappa shape index (κ2) is 16.0. The second-order valence-corrected chi connectivity index (χ2v) is 13.5. The van der Waals surface area contributed by atoms with Crippen molar-refractivity contribution in [1.29, 1.82) is 0 Å². The van der Waals surface area contributed by atoms with Crippen LogP contribution >= 0.6 is 11.6 Å². The van der Waals surface area contributed by atoms with Crippen molar-refractivity contribution in [2.45, 2.75) is 30.9 Å². The number of rotatable bonds is 14. The number of halogens is 1. The lowest BCUT2D eigenvalue weighted by molar-refractivity contribution is -0.124. The van der Waals surface area contributed by atoms with E-state index < -0.39 is 17.4 Å². The number of aromatic nitrogens is 1. The smallest absolute Gasteiger partial charge is 0.248 e. The van der Waals surface area contributed by atoms with Crippen molar-refractivity contribution in [3.8, 4) is 11.5 Å². The molecule has 0 aliphatic carbocycles. The summed E-state index contributed by atoms with van der Waals surface area (Å²) < 4.78 is 5.60. The van der Waals surface area contributed by atoms with Gasteiger partial charge in [-0.2, -0.15) is 0 Å². The molecule has 2 heterocycles. The lowest BCUT2D eigenvalue weighted by atomic mass is 9.64. The highest BCUT2D eigenvalue weighted by Crippen LogP contribution is 2.43. The molecule has 11 nitrogen and oxygen atoms in total. The molecule has 1 aromatic heterocycles. The van der Waals surface area contributed by atoms with E-state index in [9.17, 15) is 24.6 Å². The van der Waals surface area contributed by atoms with Crippen molar-refractivity contribution >= 4 is 40.0 Å². The summed E-state index contributed by atoms with van der Waals surface area (Å²) in [6.45, 7) is 2.28. The summed E-state index contributed by atoms with van der Waals surface area (Å²) in [5.41, 5.74) is 8.54. The van der Waals surface area contributed by atoms with E-state index in [2.05, 4.69) is 20.5 Å². The molecule has 4 aromatic carbocycles. The topological polar surface area (TPSA) is 170 Å². The van der Waals surface area contributed by atoms with Gasteiger partial charge in [0.15, 0.2) is 0 Å². The van der Waals surface area contributed by atoms with Crippen LogP contribution in [0.4, 0.5) is 5.69 Å². The average Bonchev–Trinajstić information content (AvgIpc) is 3.62. The van der Waals surface area contributed by atoms with Crippen LogP contribution in [0.2, 0.25) is 5.02 Å². The molecule has 0 bridgehead atoms. The molecule has 1 aliphatic heterocycles. The Bertz CT molecular complexity index is 2070. The number of phenols is 1. The van der Waals surface area contributed by atoms with Gasteiger partial charge in [0.25, 0.3) is 0 Å². The fourth-order valence-electron chi connectivity index (χ4n) is 7.41. The molecule has 1 saturated heterocycles. The van der Waals surface area contributed by atoms with Crippen molar-refractivity contribution in [2.24, 2.45) is 11.7 Å². The number of aliphatic hydroxyl groups excluding tert-OH is 1. The van der Waals surface area contributed by atoms with E-state index in [0.29, 0.717) is 47.0 Å². The number of ether oxygens (including phenoxy) is 1. The zero-order chi connectivity index (χ0) is 36.8. The van der Waals surface area contributed by atoms with Crippen LogP contribution in [-0.2, 0) is 21.5 Å². The fourth-order valence-corrected chi connectivity index (χ4v) is 7.64. The van der Waals surface area contributed by atoms with Crippen molar-refractivity contribution < 1.29 is 24.5 Å². The molecule has 1 fully saturated rings. The minimum atomic E-state index is -1.00. The standard InChI is InChI=1S/C40H42ClN5O6/c1-52-35-21-32(31(41)20-25(35)22-43-23-34(48)29-12-14-33(47)38-30(29)13-15-36(49)45-38)44-37(50)17-19-46-18-16-28(24-46)40(39(42)51,26-8-4-2-5-9-26)27-10-6-3-7-11-27/h2-15,20-21,28,34,43,47-48H,16-19,22-24H2,1H3,(H2,42,51)(H,44,50)(H,45,49). The Morgan fingerprint density at radius 2 is 1.73 bits per heavy atom. The Balaban J connectivity index is 1.06. The van der Waals surface area contributed by atoms with Crippen LogP contribution in [0.5, 0.6) is 11.5 Å². The highest BCUT2D eigenvalue weighted by molar-refractivity contribution is 6.33.